The monoisotopic (exact) mass is 835 g/mol. The van der Waals surface area contributed by atoms with Gasteiger partial charge >= 0.3 is 6.18 Å². The van der Waals surface area contributed by atoms with Gasteiger partial charge in [0.25, 0.3) is 11.8 Å². The van der Waals surface area contributed by atoms with Gasteiger partial charge in [-0.25, -0.2) is 12.8 Å². The van der Waals surface area contributed by atoms with Gasteiger partial charge in [0, 0.05) is 55.0 Å². The van der Waals surface area contributed by atoms with Crippen LogP contribution in [0.2, 0.25) is 0 Å². The van der Waals surface area contributed by atoms with Crippen molar-refractivity contribution in [3.05, 3.63) is 112 Å². The summed E-state index contributed by atoms with van der Waals surface area (Å²) in [6.45, 7) is 4.07. The molecule has 5 aromatic rings. The molecule has 0 fully saturated rings. The zero-order valence-corrected chi connectivity index (χ0v) is 32.7. The van der Waals surface area contributed by atoms with E-state index in [4.69, 9.17) is 14.7 Å². The minimum Gasteiger partial charge on any atom is -0.494 e. The molecule has 1 aliphatic heterocycles. The molecular formula is C42H41F4N5O7S. The largest absolute Gasteiger partial charge is 0.494 e. The number of hydrogen-bond acceptors (Lipinski definition) is 9. The number of halogens is 4. The maximum Gasteiger partial charge on any atom is 0.417 e. The summed E-state index contributed by atoms with van der Waals surface area (Å²) < 4.78 is 91.6. The smallest absolute Gasteiger partial charge is 0.417 e. The molecule has 0 spiro atoms. The summed E-state index contributed by atoms with van der Waals surface area (Å²) in [5.74, 6) is -2.66. The van der Waals surface area contributed by atoms with Crippen LogP contribution in [0.15, 0.2) is 83.8 Å². The zero-order chi connectivity index (χ0) is 42.4. The fraction of sp³-hybridized carbons (Fsp3) is 0.310. The zero-order valence-electron chi connectivity index (χ0n) is 31.8. The molecule has 0 radical (unpaired) electrons. The number of hydrogen-bond donors (Lipinski definition) is 5. The number of aliphatic hydroxyl groups is 1. The number of carbonyl (C=O) groups is 2. The van der Waals surface area contributed by atoms with E-state index in [2.05, 4.69) is 20.9 Å². The minimum atomic E-state index is -4.88. The van der Waals surface area contributed by atoms with E-state index in [9.17, 15) is 40.7 Å². The van der Waals surface area contributed by atoms with E-state index in [1.54, 1.807) is 0 Å². The number of amides is 2. The summed E-state index contributed by atoms with van der Waals surface area (Å²) >= 11 is 0. The molecule has 5 N–H and O–H groups in total. The van der Waals surface area contributed by atoms with Crippen molar-refractivity contribution in [3.63, 3.8) is 0 Å². The quantitative estimate of drug-likeness (QED) is 0.0532. The molecule has 12 nitrogen and oxygen atoms in total. The molecule has 2 heterocycles. The molecule has 0 unspecified atom stereocenters. The predicted octanol–water partition coefficient (Wildman–Crippen LogP) is 6.28. The molecule has 310 valence electrons. The molecule has 6 rings (SSSR count). The molecule has 1 aromatic heterocycles. The summed E-state index contributed by atoms with van der Waals surface area (Å²) in [6, 6.07) is 20.0. The van der Waals surface area contributed by atoms with E-state index >= 15 is 0 Å². The fourth-order valence-electron chi connectivity index (χ4n) is 6.69. The van der Waals surface area contributed by atoms with Crippen LogP contribution in [-0.2, 0) is 38.5 Å². The summed E-state index contributed by atoms with van der Waals surface area (Å²) in [7, 11) is -4.23. The third-order valence-corrected chi connectivity index (χ3v) is 11.6. The Balaban J connectivity index is 0.872. The minimum absolute atomic E-state index is 0.204. The van der Waals surface area contributed by atoms with Gasteiger partial charge < -0.3 is 35.5 Å². The Labute approximate surface area is 337 Å². The van der Waals surface area contributed by atoms with Gasteiger partial charge in [0.1, 0.15) is 11.6 Å². The topological polar surface area (TPSA) is 183 Å². The highest BCUT2D eigenvalue weighted by atomic mass is 32.2. The molecule has 0 saturated carbocycles. The Bertz CT molecular complexity index is 2480. The number of aromatic amines is 1. The second-order valence-corrected chi connectivity index (χ2v) is 16.2. The van der Waals surface area contributed by atoms with Crippen molar-refractivity contribution >= 4 is 38.2 Å². The number of H-pyrrole nitrogens is 1. The molecule has 0 saturated heterocycles. The van der Waals surface area contributed by atoms with Crippen molar-refractivity contribution in [3.8, 4) is 23.1 Å². The molecule has 1 aliphatic rings. The predicted molar refractivity (Wildman–Crippen MR) is 211 cm³/mol. The summed E-state index contributed by atoms with van der Waals surface area (Å²) in [6.07, 6.45) is -2.89. The van der Waals surface area contributed by atoms with Crippen molar-refractivity contribution < 1.29 is 50.1 Å². The number of alkyl halides is 3. The molecule has 17 heteroatoms. The number of nitrogens with one attached hydrogen (secondary N) is 4. The fourth-order valence-corrected chi connectivity index (χ4v) is 8.28. The lowest BCUT2D eigenvalue weighted by molar-refractivity contribution is -0.137. The molecule has 4 aromatic carbocycles. The van der Waals surface area contributed by atoms with Crippen molar-refractivity contribution in [1.82, 2.24) is 15.6 Å². The van der Waals surface area contributed by atoms with Gasteiger partial charge in [0.2, 0.25) is 0 Å². The van der Waals surface area contributed by atoms with Gasteiger partial charge in [0.05, 0.1) is 40.0 Å². The first-order valence-corrected chi connectivity index (χ1v) is 20.3. The lowest BCUT2D eigenvalue weighted by atomic mass is 9.99. The first-order chi connectivity index (χ1) is 28.1. The lowest BCUT2D eigenvalue weighted by Gasteiger charge is -2.22. The number of benzene rings is 4. The average molecular weight is 836 g/mol. The first kappa shape index (κ1) is 42.8. The van der Waals surface area contributed by atoms with Crippen LogP contribution in [-0.4, -0.2) is 74.6 Å². The van der Waals surface area contributed by atoms with E-state index < -0.39 is 50.2 Å². The summed E-state index contributed by atoms with van der Waals surface area (Å²) in [4.78, 5) is 28.3. The Morgan fingerprint density at radius 3 is 2.42 bits per heavy atom. The standard InChI is InChI=1S/C42H41F4N5O7S/c1-41(54,40(53)50-30-9-8-28(23-47)35(22-30)42(44,45)46)25-59(55,56)32-12-10-31(11-13-32)58-19-3-18-57-17-2-15-48-24-26-4-6-27(7-5-26)38-33-14-16-49-39(52)34-20-29(43)21-36(51-38)37(33)34/h4-13,20-22,48,51,54H,2-3,14-19,24-25H2,1H3,(H,49,52)(H,50,53)/t41-/m0/s1. The Hall–Kier alpha value is -5.80. The van der Waals surface area contributed by atoms with E-state index in [0.29, 0.717) is 68.6 Å². The number of rotatable bonds is 17. The van der Waals surface area contributed by atoms with Crippen molar-refractivity contribution in [2.45, 2.75) is 49.4 Å². The van der Waals surface area contributed by atoms with Gasteiger partial charge in [-0.3, -0.25) is 9.59 Å². The van der Waals surface area contributed by atoms with Gasteiger partial charge in [-0.05, 0) is 97.6 Å². The van der Waals surface area contributed by atoms with E-state index in [1.807, 2.05) is 24.3 Å². The van der Waals surface area contributed by atoms with Gasteiger partial charge in [-0.15, -0.1) is 0 Å². The van der Waals surface area contributed by atoms with Crippen LogP contribution in [0.3, 0.4) is 0 Å². The molecule has 2 amide bonds. The number of anilines is 1. The van der Waals surface area contributed by atoms with Crippen molar-refractivity contribution in [1.29, 1.82) is 5.26 Å². The van der Waals surface area contributed by atoms with E-state index in [0.717, 1.165) is 59.8 Å². The highest BCUT2D eigenvalue weighted by molar-refractivity contribution is 7.91. The van der Waals surface area contributed by atoms with Crippen LogP contribution >= 0.6 is 0 Å². The van der Waals surface area contributed by atoms with Crippen LogP contribution in [0.4, 0.5) is 23.2 Å². The Kier molecular flexibility index (Phi) is 13.1. The highest BCUT2D eigenvalue weighted by Crippen LogP contribution is 2.36. The Morgan fingerprint density at radius 2 is 1.71 bits per heavy atom. The van der Waals surface area contributed by atoms with Crippen LogP contribution < -0.4 is 20.7 Å². The van der Waals surface area contributed by atoms with Crippen molar-refractivity contribution in [2.75, 3.05) is 44.0 Å². The number of carbonyl (C=O) groups excluding carboxylic acids is 2. The van der Waals surface area contributed by atoms with Crippen LogP contribution in [0, 0.1) is 17.1 Å². The number of sulfone groups is 1. The number of nitrogens with zero attached hydrogens (tertiary/aromatic N) is 1. The SMILES string of the molecule is C[C@](O)(CS(=O)(=O)c1ccc(OCCCOCCCNCc2ccc(-c3[nH]c4cc(F)cc5c4c3CCNC5=O)cc2)cc1)C(=O)Nc1ccc(C#N)c(C(F)(F)F)c1. The Morgan fingerprint density at radius 1 is 0.983 bits per heavy atom. The maximum absolute atomic E-state index is 14.2. The highest BCUT2D eigenvalue weighted by Gasteiger charge is 2.38. The van der Waals surface area contributed by atoms with Crippen LogP contribution in [0.1, 0.15) is 52.4 Å². The average Bonchev–Trinajstić information content (AvgIpc) is 3.46. The molecule has 0 aliphatic carbocycles. The number of ether oxygens (including phenoxy) is 2. The number of aromatic nitrogens is 1. The normalized spacial score (nSPS) is 13.9. The van der Waals surface area contributed by atoms with Crippen molar-refractivity contribution in [2.24, 2.45) is 0 Å². The lowest BCUT2D eigenvalue weighted by Crippen LogP contribution is -2.45. The second kappa shape index (κ2) is 18.0. The van der Waals surface area contributed by atoms with E-state index in [1.165, 1.54) is 42.5 Å². The van der Waals surface area contributed by atoms with Gasteiger partial charge in [-0.2, -0.15) is 18.4 Å². The number of nitriles is 1. The van der Waals surface area contributed by atoms with Gasteiger partial charge in [-0.1, -0.05) is 24.3 Å². The second-order valence-electron chi connectivity index (χ2n) is 14.2. The summed E-state index contributed by atoms with van der Waals surface area (Å²) in [5, 5.41) is 28.7. The van der Waals surface area contributed by atoms with E-state index in [-0.39, 0.29) is 16.5 Å². The third-order valence-electron chi connectivity index (χ3n) is 9.63. The van der Waals surface area contributed by atoms with Crippen LogP contribution in [0.25, 0.3) is 22.2 Å². The van der Waals surface area contributed by atoms with Gasteiger partial charge in [0.15, 0.2) is 15.4 Å². The molecular weight excluding hydrogens is 795 g/mol. The summed E-state index contributed by atoms with van der Waals surface area (Å²) in [5.41, 5.74) is 0.0193. The molecule has 59 heavy (non-hydrogen) atoms. The third kappa shape index (κ3) is 10.4. The van der Waals surface area contributed by atoms with Crippen LogP contribution in [0.5, 0.6) is 5.75 Å². The maximum atomic E-state index is 14.2. The first-order valence-electron chi connectivity index (χ1n) is 18.7. The molecule has 1 atom stereocenters. The molecule has 0 bridgehead atoms.